The second kappa shape index (κ2) is 6.64. The van der Waals surface area contributed by atoms with Crippen LogP contribution in [0.2, 0.25) is 0 Å². The minimum Gasteiger partial charge on any atom is -0.501 e. The fraction of sp³-hybridized carbons (Fsp3) is 0.176. The molecule has 1 aromatic carbocycles. The van der Waals surface area contributed by atoms with E-state index in [2.05, 4.69) is 18.2 Å². The van der Waals surface area contributed by atoms with Crippen LogP contribution in [0.3, 0.4) is 0 Å². The lowest BCUT2D eigenvalue weighted by Crippen LogP contribution is -1.86. The Morgan fingerprint density at radius 3 is 2.68 bits per heavy atom. The standard InChI is InChI=1S/C17H18O2/c1-18-16-9-5-3-7-14(13-16)11-12-15-8-4-6-10-17(15)19-2/h3-8,10-13H,9H2,1-2H3/b12-11+. The number of methoxy groups -OCH3 is 2. The Hall–Kier alpha value is -2.22. The van der Waals surface area contributed by atoms with Gasteiger partial charge in [-0.25, -0.2) is 0 Å². The molecule has 0 saturated carbocycles. The molecular weight excluding hydrogens is 236 g/mol. The molecule has 0 bridgehead atoms. The maximum absolute atomic E-state index is 5.33. The van der Waals surface area contributed by atoms with E-state index in [-0.39, 0.29) is 0 Å². The summed E-state index contributed by atoms with van der Waals surface area (Å²) in [7, 11) is 3.38. The molecule has 0 unspecified atom stereocenters. The highest BCUT2D eigenvalue weighted by Crippen LogP contribution is 2.21. The Labute approximate surface area is 114 Å². The van der Waals surface area contributed by atoms with Crippen LogP contribution in [0.25, 0.3) is 6.08 Å². The summed E-state index contributed by atoms with van der Waals surface area (Å²) >= 11 is 0. The molecule has 0 amide bonds. The minimum atomic E-state index is 0.832. The lowest BCUT2D eigenvalue weighted by Gasteiger charge is -2.04. The highest BCUT2D eigenvalue weighted by atomic mass is 16.5. The van der Waals surface area contributed by atoms with Gasteiger partial charge in [0.1, 0.15) is 5.75 Å². The van der Waals surface area contributed by atoms with Crippen LogP contribution in [0.15, 0.2) is 66.0 Å². The Morgan fingerprint density at radius 2 is 1.89 bits per heavy atom. The van der Waals surface area contributed by atoms with Gasteiger partial charge in [0, 0.05) is 12.0 Å². The molecule has 98 valence electrons. The van der Waals surface area contributed by atoms with Crippen molar-refractivity contribution in [1.29, 1.82) is 0 Å². The first-order chi connectivity index (χ1) is 9.33. The van der Waals surface area contributed by atoms with E-state index in [9.17, 15) is 0 Å². The van der Waals surface area contributed by atoms with Crippen molar-refractivity contribution in [3.8, 4) is 5.75 Å². The molecule has 1 aliphatic carbocycles. The van der Waals surface area contributed by atoms with Gasteiger partial charge in [0.25, 0.3) is 0 Å². The third-order valence-corrected chi connectivity index (χ3v) is 2.93. The van der Waals surface area contributed by atoms with E-state index in [0.29, 0.717) is 0 Å². The SMILES string of the molecule is COC1=CC(/C=C/c2ccccc2OC)=CC=CC1. The van der Waals surface area contributed by atoms with Crippen LogP contribution in [0.1, 0.15) is 12.0 Å². The molecule has 0 aliphatic heterocycles. The van der Waals surface area contributed by atoms with Crippen LogP contribution in [0, 0.1) is 0 Å². The zero-order valence-electron chi connectivity index (χ0n) is 11.3. The normalized spacial score (nSPS) is 14.8. The number of allylic oxidation sites excluding steroid dienone is 6. The molecule has 2 nitrogen and oxygen atoms in total. The molecule has 2 heteroatoms. The third kappa shape index (κ3) is 3.62. The number of para-hydroxylation sites is 1. The highest BCUT2D eigenvalue weighted by Gasteiger charge is 2.00. The maximum atomic E-state index is 5.33. The Kier molecular flexibility index (Phi) is 4.62. The number of hydrogen-bond donors (Lipinski definition) is 0. The quantitative estimate of drug-likeness (QED) is 0.804. The number of ether oxygens (including phenoxy) is 2. The average Bonchev–Trinajstić information content (AvgIpc) is 2.70. The zero-order valence-corrected chi connectivity index (χ0v) is 11.3. The molecule has 0 N–H and O–H groups in total. The fourth-order valence-corrected chi connectivity index (χ4v) is 1.89. The van der Waals surface area contributed by atoms with Crippen molar-refractivity contribution < 1.29 is 9.47 Å². The van der Waals surface area contributed by atoms with Gasteiger partial charge >= 0.3 is 0 Å². The highest BCUT2D eigenvalue weighted by molar-refractivity contribution is 5.61. The van der Waals surface area contributed by atoms with Crippen LogP contribution in [0.5, 0.6) is 5.75 Å². The van der Waals surface area contributed by atoms with E-state index in [1.54, 1.807) is 14.2 Å². The molecular formula is C17H18O2. The van der Waals surface area contributed by atoms with Gasteiger partial charge in [0.2, 0.25) is 0 Å². The van der Waals surface area contributed by atoms with Crippen LogP contribution in [-0.2, 0) is 4.74 Å². The molecule has 0 spiro atoms. The van der Waals surface area contributed by atoms with Crippen molar-refractivity contribution in [1.82, 2.24) is 0 Å². The van der Waals surface area contributed by atoms with Crippen molar-refractivity contribution in [2.24, 2.45) is 0 Å². The van der Waals surface area contributed by atoms with Gasteiger partial charge in [0.05, 0.1) is 20.0 Å². The monoisotopic (exact) mass is 254 g/mol. The van der Waals surface area contributed by atoms with Gasteiger partial charge in [-0.3, -0.25) is 0 Å². The van der Waals surface area contributed by atoms with E-state index in [4.69, 9.17) is 9.47 Å². The molecule has 0 aromatic heterocycles. The van der Waals surface area contributed by atoms with Gasteiger partial charge in [-0.15, -0.1) is 0 Å². The van der Waals surface area contributed by atoms with Crippen molar-refractivity contribution in [3.63, 3.8) is 0 Å². The topological polar surface area (TPSA) is 18.5 Å². The van der Waals surface area contributed by atoms with Crippen LogP contribution in [-0.4, -0.2) is 14.2 Å². The van der Waals surface area contributed by atoms with Gasteiger partial charge in [-0.2, -0.15) is 0 Å². The van der Waals surface area contributed by atoms with Crippen molar-refractivity contribution >= 4 is 6.08 Å². The molecule has 0 fully saturated rings. The largest absolute Gasteiger partial charge is 0.501 e. The average molecular weight is 254 g/mol. The Morgan fingerprint density at radius 1 is 1.05 bits per heavy atom. The van der Waals surface area contributed by atoms with Gasteiger partial charge in [0.15, 0.2) is 0 Å². The number of hydrogen-bond acceptors (Lipinski definition) is 2. The van der Waals surface area contributed by atoms with E-state index in [1.807, 2.05) is 42.5 Å². The Bertz CT molecular complexity index is 548. The fourth-order valence-electron chi connectivity index (χ4n) is 1.89. The maximum Gasteiger partial charge on any atom is 0.126 e. The van der Waals surface area contributed by atoms with E-state index < -0.39 is 0 Å². The van der Waals surface area contributed by atoms with E-state index >= 15 is 0 Å². The summed E-state index contributed by atoms with van der Waals surface area (Å²) in [5.74, 6) is 1.84. The second-order valence-corrected chi connectivity index (χ2v) is 4.19. The first-order valence-corrected chi connectivity index (χ1v) is 6.26. The molecule has 0 heterocycles. The first kappa shape index (κ1) is 13.2. The lowest BCUT2D eigenvalue weighted by atomic mass is 10.1. The van der Waals surface area contributed by atoms with Crippen LogP contribution in [0.4, 0.5) is 0 Å². The summed E-state index contributed by atoms with van der Waals surface area (Å²) in [5.41, 5.74) is 2.17. The molecule has 0 saturated heterocycles. The smallest absolute Gasteiger partial charge is 0.126 e. The summed E-state index contributed by atoms with van der Waals surface area (Å²) in [6, 6.07) is 7.95. The van der Waals surface area contributed by atoms with Crippen molar-refractivity contribution in [3.05, 3.63) is 71.5 Å². The number of benzene rings is 1. The zero-order chi connectivity index (χ0) is 13.5. The van der Waals surface area contributed by atoms with Gasteiger partial charge < -0.3 is 9.47 Å². The predicted octanol–water partition coefficient (Wildman–Crippen LogP) is 4.13. The molecule has 0 atom stereocenters. The third-order valence-electron chi connectivity index (χ3n) is 2.93. The lowest BCUT2D eigenvalue weighted by molar-refractivity contribution is 0.285. The predicted molar refractivity (Wildman–Crippen MR) is 79.0 cm³/mol. The molecule has 0 radical (unpaired) electrons. The summed E-state index contributed by atoms with van der Waals surface area (Å²) in [4.78, 5) is 0. The van der Waals surface area contributed by atoms with Gasteiger partial charge in [-0.1, -0.05) is 48.6 Å². The molecule has 19 heavy (non-hydrogen) atoms. The molecule has 1 aromatic rings. The Balaban J connectivity index is 2.22. The van der Waals surface area contributed by atoms with E-state index in [1.165, 1.54) is 0 Å². The summed E-state index contributed by atoms with van der Waals surface area (Å²) < 4.78 is 10.6. The molecule has 2 rings (SSSR count). The first-order valence-electron chi connectivity index (χ1n) is 6.26. The van der Waals surface area contributed by atoms with Gasteiger partial charge in [-0.05, 0) is 17.7 Å². The van der Waals surface area contributed by atoms with Crippen LogP contribution < -0.4 is 4.74 Å². The summed E-state index contributed by atoms with van der Waals surface area (Å²) in [5, 5.41) is 0. The van der Waals surface area contributed by atoms with E-state index in [0.717, 1.165) is 29.1 Å². The summed E-state index contributed by atoms with van der Waals surface area (Å²) in [6.45, 7) is 0. The van der Waals surface area contributed by atoms with Crippen molar-refractivity contribution in [2.75, 3.05) is 14.2 Å². The summed E-state index contributed by atoms with van der Waals surface area (Å²) in [6.07, 6.45) is 13.2. The van der Waals surface area contributed by atoms with Crippen molar-refractivity contribution in [2.45, 2.75) is 6.42 Å². The second-order valence-electron chi connectivity index (χ2n) is 4.19. The number of rotatable bonds is 4. The minimum absolute atomic E-state index is 0.832. The van der Waals surface area contributed by atoms with Crippen LogP contribution >= 0.6 is 0 Å². The molecule has 1 aliphatic rings.